The number of hydrogen-bond acceptors (Lipinski definition) is 4. The van der Waals surface area contributed by atoms with Gasteiger partial charge < -0.3 is 19.7 Å². The van der Waals surface area contributed by atoms with Gasteiger partial charge in [0.15, 0.2) is 7.14 Å². The van der Waals surface area contributed by atoms with E-state index in [1.165, 1.54) is 0 Å². The Balaban J connectivity index is 2.15. The van der Waals surface area contributed by atoms with Crippen molar-refractivity contribution >= 4 is 18.1 Å². The van der Waals surface area contributed by atoms with Crippen molar-refractivity contribution in [3.05, 3.63) is 46.4 Å². The van der Waals surface area contributed by atoms with Gasteiger partial charge in [0.25, 0.3) is 0 Å². The Labute approximate surface area is 137 Å². The molecular weight excluding hydrogens is 309 g/mol. The van der Waals surface area contributed by atoms with Gasteiger partial charge in [-0.3, -0.25) is 0 Å². The number of nitrogens with zero attached hydrogens (tertiary/aromatic N) is 1. The first-order valence-electron chi connectivity index (χ1n) is 8.15. The van der Waals surface area contributed by atoms with Gasteiger partial charge in [-0.2, -0.15) is 0 Å². The van der Waals surface area contributed by atoms with Crippen LogP contribution in [0.25, 0.3) is 0 Å². The Kier molecular flexibility index (Phi) is 4.29. The second-order valence-electron chi connectivity index (χ2n) is 6.51. The van der Waals surface area contributed by atoms with Gasteiger partial charge >= 0.3 is 0 Å². The van der Waals surface area contributed by atoms with Crippen LogP contribution in [0.2, 0.25) is 0 Å². The maximum atomic E-state index is 14.1. The molecule has 1 aromatic carbocycles. The first-order valence-corrected chi connectivity index (χ1v) is 9.86. The Bertz CT molecular complexity index is 682. The lowest BCUT2D eigenvalue weighted by molar-refractivity contribution is 0.394. The van der Waals surface area contributed by atoms with Gasteiger partial charge in [0.1, 0.15) is 0 Å². The minimum atomic E-state index is -3.09. The summed E-state index contributed by atoms with van der Waals surface area (Å²) in [6.45, 7) is 0. The van der Waals surface area contributed by atoms with E-state index in [2.05, 4.69) is 0 Å². The zero-order chi connectivity index (χ0) is 16.6. The van der Waals surface area contributed by atoms with E-state index in [1.54, 1.807) is 0 Å². The Morgan fingerprint density at radius 3 is 1.70 bits per heavy atom. The largest absolute Gasteiger partial charge is 0.512 e. The zero-order valence-electron chi connectivity index (χ0n) is 13.7. The van der Waals surface area contributed by atoms with Gasteiger partial charge in [-0.05, 0) is 49.9 Å². The van der Waals surface area contributed by atoms with Crippen molar-refractivity contribution in [3.63, 3.8) is 0 Å². The number of hydrogen-bond donors (Lipinski definition) is 2. The average Bonchev–Trinajstić information content (AvgIpc) is 3.15. The molecule has 0 radical (unpaired) electrons. The van der Waals surface area contributed by atoms with Crippen LogP contribution in [-0.2, 0) is 4.57 Å². The van der Waals surface area contributed by atoms with Crippen molar-refractivity contribution in [1.29, 1.82) is 0 Å². The van der Waals surface area contributed by atoms with Crippen molar-refractivity contribution in [2.45, 2.75) is 38.5 Å². The van der Waals surface area contributed by atoms with Crippen LogP contribution >= 0.6 is 7.14 Å². The number of aliphatic hydroxyl groups excluding tert-OH is 2. The van der Waals surface area contributed by atoms with Crippen LogP contribution < -0.4 is 10.2 Å². The smallest absolute Gasteiger partial charge is 0.169 e. The SMILES string of the molecule is CN(C)c1ccc(P(=O)(C2=C(O)CCC2)C2=C(O)CCC2)cc1. The molecule has 3 rings (SSSR count). The molecule has 124 valence electrons. The summed E-state index contributed by atoms with van der Waals surface area (Å²) in [6, 6.07) is 7.66. The second-order valence-corrected chi connectivity index (χ2v) is 9.33. The van der Waals surface area contributed by atoms with Crippen LogP contribution in [0.3, 0.4) is 0 Å². The maximum Gasteiger partial charge on any atom is 0.169 e. The van der Waals surface area contributed by atoms with Crippen molar-refractivity contribution < 1.29 is 14.8 Å². The van der Waals surface area contributed by atoms with Crippen LogP contribution in [0, 0.1) is 0 Å². The third-order valence-electron chi connectivity index (χ3n) is 4.81. The standard InChI is InChI=1S/C18H24NO3P/c1-19(2)13-9-11-14(12-10-13)23(22,17-7-3-5-15(17)20)18-8-4-6-16(18)21/h9-12,20-21H,3-8H2,1-2H3. The molecule has 0 heterocycles. The predicted molar refractivity (Wildman–Crippen MR) is 95.0 cm³/mol. The molecular formula is C18H24NO3P. The molecule has 0 unspecified atom stereocenters. The summed E-state index contributed by atoms with van der Waals surface area (Å²) < 4.78 is 14.1. The maximum absolute atomic E-state index is 14.1. The summed E-state index contributed by atoms with van der Waals surface area (Å²) >= 11 is 0. The van der Waals surface area contributed by atoms with Crippen LogP contribution in [0.4, 0.5) is 5.69 Å². The molecule has 0 aromatic heterocycles. The highest BCUT2D eigenvalue weighted by Gasteiger charge is 2.40. The molecule has 1 aromatic rings. The lowest BCUT2D eigenvalue weighted by Crippen LogP contribution is -2.12. The van der Waals surface area contributed by atoms with Gasteiger partial charge in [0.05, 0.1) is 11.5 Å². The number of anilines is 1. The van der Waals surface area contributed by atoms with E-state index in [4.69, 9.17) is 0 Å². The van der Waals surface area contributed by atoms with Crippen molar-refractivity contribution in [2.24, 2.45) is 0 Å². The van der Waals surface area contributed by atoms with E-state index < -0.39 is 7.14 Å². The van der Waals surface area contributed by atoms with E-state index in [1.807, 2.05) is 43.3 Å². The summed E-state index contributed by atoms with van der Waals surface area (Å²) in [5.74, 6) is 0.523. The molecule has 0 saturated heterocycles. The van der Waals surface area contributed by atoms with E-state index in [0.717, 1.165) is 23.8 Å². The number of allylic oxidation sites excluding steroid dienone is 4. The molecule has 0 atom stereocenters. The molecule has 0 amide bonds. The summed E-state index contributed by atoms with van der Waals surface area (Å²) in [6.07, 6.45) is 4.13. The molecule has 5 heteroatoms. The monoisotopic (exact) mass is 333 g/mol. The molecule has 0 spiro atoms. The first-order chi connectivity index (χ1) is 10.9. The second kappa shape index (κ2) is 6.09. The molecule has 23 heavy (non-hydrogen) atoms. The number of benzene rings is 1. The highest BCUT2D eigenvalue weighted by Crippen LogP contribution is 2.67. The van der Waals surface area contributed by atoms with Gasteiger partial charge in [0, 0.05) is 48.6 Å². The van der Waals surface area contributed by atoms with Gasteiger partial charge in [-0.15, -0.1) is 0 Å². The first kappa shape index (κ1) is 16.2. The highest BCUT2D eigenvalue weighted by molar-refractivity contribution is 7.79. The summed E-state index contributed by atoms with van der Waals surface area (Å²) in [5, 5.41) is 22.6. The summed E-state index contributed by atoms with van der Waals surface area (Å²) in [5.41, 5.74) is 1.04. The van der Waals surface area contributed by atoms with Crippen molar-refractivity contribution in [2.75, 3.05) is 19.0 Å². The molecule has 0 bridgehead atoms. The molecule has 0 saturated carbocycles. The van der Waals surface area contributed by atoms with Crippen LogP contribution in [0.15, 0.2) is 46.4 Å². The van der Waals surface area contributed by atoms with Gasteiger partial charge in [-0.1, -0.05) is 0 Å². The van der Waals surface area contributed by atoms with Gasteiger partial charge in [-0.25, -0.2) is 0 Å². The van der Waals surface area contributed by atoms with Crippen LogP contribution in [-0.4, -0.2) is 24.3 Å². The number of aliphatic hydroxyl groups is 2. The molecule has 2 N–H and O–H groups in total. The lowest BCUT2D eigenvalue weighted by Gasteiger charge is -2.23. The molecule has 4 nitrogen and oxygen atoms in total. The average molecular weight is 333 g/mol. The Morgan fingerprint density at radius 2 is 1.35 bits per heavy atom. The fourth-order valence-electron chi connectivity index (χ4n) is 3.54. The lowest BCUT2D eigenvalue weighted by atomic mass is 10.3. The third-order valence-corrected chi connectivity index (χ3v) is 8.32. The van der Waals surface area contributed by atoms with Gasteiger partial charge in [0.2, 0.25) is 0 Å². The minimum Gasteiger partial charge on any atom is -0.512 e. The Morgan fingerprint density at radius 1 is 0.870 bits per heavy atom. The topological polar surface area (TPSA) is 60.8 Å². The predicted octanol–water partition coefficient (Wildman–Crippen LogP) is 4.65. The van der Waals surface area contributed by atoms with Crippen LogP contribution in [0.1, 0.15) is 38.5 Å². The van der Waals surface area contributed by atoms with E-state index >= 15 is 0 Å². The fourth-order valence-corrected chi connectivity index (χ4v) is 6.95. The summed E-state index contributed by atoms with van der Waals surface area (Å²) in [7, 11) is 0.838. The van der Waals surface area contributed by atoms with Crippen molar-refractivity contribution in [3.8, 4) is 0 Å². The third kappa shape index (κ3) is 2.70. The number of rotatable bonds is 4. The van der Waals surface area contributed by atoms with Crippen molar-refractivity contribution in [1.82, 2.24) is 0 Å². The molecule has 2 aliphatic rings. The minimum absolute atomic E-state index is 0.261. The quantitative estimate of drug-likeness (QED) is 0.788. The van der Waals surface area contributed by atoms with E-state index in [9.17, 15) is 14.8 Å². The fraction of sp³-hybridized carbons (Fsp3) is 0.444. The Hall–Kier alpha value is -1.67. The zero-order valence-corrected chi connectivity index (χ0v) is 14.6. The van der Waals surface area contributed by atoms with E-state index in [-0.39, 0.29) is 11.5 Å². The highest BCUT2D eigenvalue weighted by atomic mass is 31.2. The normalized spacial score (nSPS) is 18.9. The molecule has 2 aliphatic carbocycles. The summed E-state index contributed by atoms with van der Waals surface area (Å²) in [4.78, 5) is 1.99. The molecule has 0 fully saturated rings. The van der Waals surface area contributed by atoms with Crippen LogP contribution in [0.5, 0.6) is 0 Å². The molecule has 0 aliphatic heterocycles. The van der Waals surface area contributed by atoms with E-state index in [0.29, 0.717) is 36.3 Å².